The minimum Gasteiger partial charge on any atom is -0.476 e. The van der Waals surface area contributed by atoms with Crippen molar-refractivity contribution in [3.63, 3.8) is 0 Å². The SMILES string of the molecule is O=C(O)c1cn(C2CN(C3CCOCC3)C2)nn1. The van der Waals surface area contributed by atoms with Crippen LogP contribution in [0.5, 0.6) is 0 Å². The van der Waals surface area contributed by atoms with Gasteiger partial charge in [0.2, 0.25) is 0 Å². The number of ether oxygens (including phenoxy) is 1. The molecule has 0 atom stereocenters. The molecule has 3 rings (SSSR count). The molecule has 0 amide bonds. The van der Waals surface area contributed by atoms with Gasteiger partial charge in [-0.05, 0) is 12.8 Å². The first-order valence-electron chi connectivity index (χ1n) is 6.21. The molecule has 98 valence electrons. The summed E-state index contributed by atoms with van der Waals surface area (Å²) in [5.41, 5.74) is 0.0134. The molecule has 3 heterocycles. The molecule has 18 heavy (non-hydrogen) atoms. The van der Waals surface area contributed by atoms with Gasteiger partial charge in [-0.15, -0.1) is 5.10 Å². The predicted molar refractivity (Wildman–Crippen MR) is 61.4 cm³/mol. The van der Waals surface area contributed by atoms with Crippen LogP contribution in [0.1, 0.15) is 29.4 Å². The van der Waals surface area contributed by atoms with Crippen molar-refractivity contribution in [1.29, 1.82) is 0 Å². The molecule has 0 saturated carbocycles. The number of hydrogen-bond donors (Lipinski definition) is 1. The number of likely N-dealkylation sites (tertiary alicyclic amines) is 1. The summed E-state index contributed by atoms with van der Waals surface area (Å²) in [6, 6.07) is 0.867. The van der Waals surface area contributed by atoms with E-state index in [1.54, 1.807) is 4.68 Å². The highest BCUT2D eigenvalue weighted by Crippen LogP contribution is 2.26. The van der Waals surface area contributed by atoms with E-state index in [4.69, 9.17) is 9.84 Å². The van der Waals surface area contributed by atoms with E-state index in [0.29, 0.717) is 6.04 Å². The normalized spacial score (nSPS) is 22.9. The molecule has 0 spiro atoms. The summed E-state index contributed by atoms with van der Waals surface area (Å²) in [5, 5.41) is 16.3. The maximum absolute atomic E-state index is 10.7. The van der Waals surface area contributed by atoms with Gasteiger partial charge in [-0.1, -0.05) is 5.21 Å². The Kier molecular flexibility index (Phi) is 3.00. The van der Waals surface area contributed by atoms with Gasteiger partial charge in [0.05, 0.1) is 12.2 Å². The van der Waals surface area contributed by atoms with Gasteiger partial charge in [0.15, 0.2) is 5.69 Å². The molecular weight excluding hydrogens is 236 g/mol. The molecule has 1 aromatic rings. The topological polar surface area (TPSA) is 80.5 Å². The van der Waals surface area contributed by atoms with E-state index in [1.165, 1.54) is 6.20 Å². The van der Waals surface area contributed by atoms with Crippen LogP contribution in [0.25, 0.3) is 0 Å². The Hall–Kier alpha value is -1.47. The minimum atomic E-state index is -1.03. The summed E-state index contributed by atoms with van der Waals surface area (Å²) >= 11 is 0. The molecule has 7 heteroatoms. The van der Waals surface area contributed by atoms with Crippen LogP contribution in [0.15, 0.2) is 6.20 Å². The van der Waals surface area contributed by atoms with Gasteiger partial charge >= 0.3 is 5.97 Å². The minimum absolute atomic E-state index is 0.0134. The van der Waals surface area contributed by atoms with Gasteiger partial charge in [-0.25, -0.2) is 9.48 Å². The van der Waals surface area contributed by atoms with Crippen molar-refractivity contribution in [1.82, 2.24) is 19.9 Å². The molecule has 2 aliphatic heterocycles. The number of aromatic carboxylic acids is 1. The Bertz CT molecular complexity index is 435. The number of aromatic nitrogens is 3. The molecule has 1 aromatic heterocycles. The second-order valence-electron chi connectivity index (χ2n) is 4.84. The Labute approximate surface area is 104 Å². The number of carboxylic acids is 1. The van der Waals surface area contributed by atoms with Crippen LogP contribution in [0.3, 0.4) is 0 Å². The molecule has 0 radical (unpaired) electrons. The number of hydrogen-bond acceptors (Lipinski definition) is 5. The Morgan fingerprint density at radius 1 is 1.33 bits per heavy atom. The summed E-state index contributed by atoms with van der Waals surface area (Å²) in [6.45, 7) is 3.54. The number of rotatable bonds is 3. The molecule has 0 unspecified atom stereocenters. The van der Waals surface area contributed by atoms with Gasteiger partial charge in [0, 0.05) is 32.3 Å². The fraction of sp³-hybridized carbons (Fsp3) is 0.727. The van der Waals surface area contributed by atoms with Crippen molar-refractivity contribution in [2.24, 2.45) is 0 Å². The molecule has 0 bridgehead atoms. The average Bonchev–Trinajstić information content (AvgIpc) is 2.78. The zero-order valence-electron chi connectivity index (χ0n) is 10.0. The lowest BCUT2D eigenvalue weighted by Crippen LogP contribution is -2.54. The van der Waals surface area contributed by atoms with Crippen LogP contribution >= 0.6 is 0 Å². The summed E-state index contributed by atoms with van der Waals surface area (Å²) < 4.78 is 7.01. The van der Waals surface area contributed by atoms with Crippen LogP contribution in [-0.2, 0) is 4.74 Å². The maximum Gasteiger partial charge on any atom is 0.358 e. The van der Waals surface area contributed by atoms with Crippen molar-refractivity contribution < 1.29 is 14.6 Å². The Balaban J connectivity index is 1.56. The highest BCUT2D eigenvalue weighted by molar-refractivity contribution is 5.84. The molecule has 0 aromatic carbocycles. The lowest BCUT2D eigenvalue weighted by Gasteiger charge is -2.45. The molecule has 7 nitrogen and oxygen atoms in total. The predicted octanol–water partition coefficient (Wildman–Crippen LogP) is 0.0120. The lowest BCUT2D eigenvalue weighted by atomic mass is 10.00. The fourth-order valence-electron chi connectivity index (χ4n) is 2.56. The van der Waals surface area contributed by atoms with Gasteiger partial charge in [0.25, 0.3) is 0 Å². The average molecular weight is 252 g/mol. The van der Waals surface area contributed by atoms with E-state index >= 15 is 0 Å². The quantitative estimate of drug-likeness (QED) is 0.816. The summed E-state index contributed by atoms with van der Waals surface area (Å²) in [6.07, 6.45) is 3.68. The van der Waals surface area contributed by atoms with Gasteiger partial charge in [0.1, 0.15) is 0 Å². The first-order chi connectivity index (χ1) is 8.74. The fourth-order valence-corrected chi connectivity index (χ4v) is 2.56. The summed E-state index contributed by atoms with van der Waals surface area (Å²) in [7, 11) is 0. The third-order valence-corrected chi connectivity index (χ3v) is 3.70. The largest absolute Gasteiger partial charge is 0.476 e. The van der Waals surface area contributed by atoms with Crippen LogP contribution in [0.2, 0.25) is 0 Å². The second-order valence-corrected chi connectivity index (χ2v) is 4.84. The van der Waals surface area contributed by atoms with E-state index < -0.39 is 5.97 Å². The van der Waals surface area contributed by atoms with E-state index in [0.717, 1.165) is 39.1 Å². The van der Waals surface area contributed by atoms with Gasteiger partial charge in [-0.3, -0.25) is 4.90 Å². The van der Waals surface area contributed by atoms with Crippen LogP contribution in [0, 0.1) is 0 Å². The van der Waals surface area contributed by atoms with Gasteiger partial charge < -0.3 is 9.84 Å². The van der Waals surface area contributed by atoms with Gasteiger partial charge in [-0.2, -0.15) is 0 Å². The standard InChI is InChI=1S/C11H16N4O3/c16-11(17)10-7-15(13-12-10)9-5-14(6-9)8-1-3-18-4-2-8/h7-9H,1-6H2,(H,16,17). The van der Waals surface area contributed by atoms with E-state index in [-0.39, 0.29) is 11.7 Å². The number of nitrogens with zero attached hydrogens (tertiary/aromatic N) is 4. The monoisotopic (exact) mass is 252 g/mol. The van der Waals surface area contributed by atoms with Crippen molar-refractivity contribution in [2.75, 3.05) is 26.3 Å². The molecule has 2 aliphatic rings. The molecule has 1 N–H and O–H groups in total. The zero-order valence-corrected chi connectivity index (χ0v) is 10.0. The highest BCUT2D eigenvalue weighted by Gasteiger charge is 2.34. The van der Waals surface area contributed by atoms with Crippen molar-refractivity contribution >= 4 is 5.97 Å². The third-order valence-electron chi connectivity index (χ3n) is 3.70. The highest BCUT2D eigenvalue weighted by atomic mass is 16.5. The first kappa shape index (κ1) is 11.6. The number of carbonyl (C=O) groups is 1. The molecule has 2 saturated heterocycles. The summed E-state index contributed by atoms with van der Waals surface area (Å²) in [5.74, 6) is -1.03. The Morgan fingerprint density at radius 3 is 2.67 bits per heavy atom. The molecule has 2 fully saturated rings. The van der Waals surface area contributed by atoms with Crippen molar-refractivity contribution in [2.45, 2.75) is 24.9 Å². The second kappa shape index (κ2) is 4.66. The molecule has 0 aliphatic carbocycles. The smallest absolute Gasteiger partial charge is 0.358 e. The van der Waals surface area contributed by atoms with Crippen molar-refractivity contribution in [3.8, 4) is 0 Å². The number of carboxylic acid groups (broad SMARTS) is 1. The first-order valence-corrected chi connectivity index (χ1v) is 6.21. The van der Waals surface area contributed by atoms with Crippen molar-refractivity contribution in [3.05, 3.63) is 11.9 Å². The summed E-state index contributed by atoms with van der Waals surface area (Å²) in [4.78, 5) is 13.1. The third kappa shape index (κ3) is 2.11. The van der Waals surface area contributed by atoms with E-state index in [1.807, 2.05) is 0 Å². The van der Waals surface area contributed by atoms with E-state index in [9.17, 15) is 4.79 Å². The Morgan fingerprint density at radius 2 is 2.06 bits per heavy atom. The van der Waals surface area contributed by atoms with Crippen LogP contribution in [-0.4, -0.2) is 63.3 Å². The lowest BCUT2D eigenvalue weighted by molar-refractivity contribution is -0.0142. The van der Waals surface area contributed by atoms with E-state index in [2.05, 4.69) is 15.2 Å². The zero-order chi connectivity index (χ0) is 12.5. The maximum atomic E-state index is 10.7. The van der Waals surface area contributed by atoms with Crippen LogP contribution in [0.4, 0.5) is 0 Å². The molecular formula is C11H16N4O3. The van der Waals surface area contributed by atoms with Crippen LogP contribution < -0.4 is 0 Å².